The van der Waals surface area contributed by atoms with Gasteiger partial charge >= 0.3 is 6.18 Å². The van der Waals surface area contributed by atoms with Crippen LogP contribution >= 0.6 is 11.3 Å². The number of alkyl halides is 3. The molecule has 0 saturated carbocycles. The number of piperidine rings is 1. The van der Waals surface area contributed by atoms with Crippen LogP contribution in [0.5, 0.6) is 0 Å². The highest BCUT2D eigenvalue weighted by atomic mass is 32.1. The standard InChI is InChI=1S/C16H15F3N2O3S/c1-9-13(20-24-14(9)16(17,18)19)11-4-5-12(25-11)15(23)21-6-2-3-10(7-21)8-22/h4-5,8,22H,2-3,6-7H2,1H3/b10-8-. The Morgan fingerprint density at radius 1 is 1.44 bits per heavy atom. The molecule has 3 rings (SSSR count). The average Bonchev–Trinajstić information content (AvgIpc) is 3.20. The molecule has 3 heterocycles. The second kappa shape index (κ2) is 6.55. The lowest BCUT2D eigenvalue weighted by Gasteiger charge is -2.27. The smallest absolute Gasteiger partial charge is 0.452 e. The Hall–Kier alpha value is -2.29. The lowest BCUT2D eigenvalue weighted by Crippen LogP contribution is -2.36. The minimum absolute atomic E-state index is 0.0889. The molecule has 25 heavy (non-hydrogen) atoms. The van der Waals surface area contributed by atoms with Crippen LogP contribution in [0.15, 0.2) is 28.5 Å². The highest BCUT2D eigenvalue weighted by Gasteiger charge is 2.39. The highest BCUT2D eigenvalue weighted by Crippen LogP contribution is 2.38. The van der Waals surface area contributed by atoms with Gasteiger partial charge in [0.25, 0.3) is 5.91 Å². The molecule has 0 bridgehead atoms. The molecular weight excluding hydrogens is 357 g/mol. The number of carbonyl (C=O) groups excluding carboxylic acids is 1. The maximum Gasteiger partial charge on any atom is 0.452 e. The van der Waals surface area contributed by atoms with Crippen molar-refractivity contribution in [2.75, 3.05) is 13.1 Å². The van der Waals surface area contributed by atoms with E-state index in [1.807, 2.05) is 0 Å². The molecule has 0 atom stereocenters. The van der Waals surface area contributed by atoms with Crippen LogP contribution in [0.25, 0.3) is 10.6 Å². The van der Waals surface area contributed by atoms with Crippen LogP contribution in [0.3, 0.4) is 0 Å². The summed E-state index contributed by atoms with van der Waals surface area (Å²) in [4.78, 5) is 15.0. The van der Waals surface area contributed by atoms with Gasteiger partial charge in [-0.2, -0.15) is 13.2 Å². The van der Waals surface area contributed by atoms with Crippen LogP contribution < -0.4 is 0 Å². The lowest BCUT2D eigenvalue weighted by molar-refractivity contribution is -0.156. The summed E-state index contributed by atoms with van der Waals surface area (Å²) in [6.45, 7) is 2.22. The van der Waals surface area contributed by atoms with Crippen molar-refractivity contribution in [3.8, 4) is 10.6 Å². The molecule has 1 amide bonds. The van der Waals surface area contributed by atoms with Gasteiger partial charge in [-0.25, -0.2) is 0 Å². The number of hydrogen-bond donors (Lipinski definition) is 1. The molecule has 1 aliphatic heterocycles. The Balaban J connectivity index is 1.83. The van der Waals surface area contributed by atoms with Crippen molar-refractivity contribution < 1.29 is 27.6 Å². The van der Waals surface area contributed by atoms with Crippen molar-refractivity contribution in [3.05, 3.63) is 40.2 Å². The van der Waals surface area contributed by atoms with Gasteiger partial charge in [0.05, 0.1) is 16.0 Å². The molecule has 134 valence electrons. The quantitative estimate of drug-likeness (QED) is 0.793. The molecule has 1 aliphatic rings. The number of likely N-dealkylation sites (tertiary alicyclic amines) is 1. The Morgan fingerprint density at radius 3 is 2.84 bits per heavy atom. The number of halogens is 3. The zero-order chi connectivity index (χ0) is 18.2. The van der Waals surface area contributed by atoms with E-state index in [9.17, 15) is 18.0 Å². The maximum absolute atomic E-state index is 12.8. The van der Waals surface area contributed by atoms with Crippen LogP contribution in [0, 0.1) is 6.92 Å². The van der Waals surface area contributed by atoms with Crippen molar-refractivity contribution >= 4 is 17.2 Å². The van der Waals surface area contributed by atoms with Crippen LogP contribution in [0.1, 0.15) is 33.8 Å². The summed E-state index contributed by atoms with van der Waals surface area (Å²) in [5, 5.41) is 12.6. The van der Waals surface area contributed by atoms with Crippen molar-refractivity contribution in [1.29, 1.82) is 0 Å². The minimum Gasteiger partial charge on any atom is -0.516 e. The number of hydrogen-bond acceptors (Lipinski definition) is 5. The van der Waals surface area contributed by atoms with Gasteiger partial charge in [0.1, 0.15) is 5.69 Å². The first kappa shape index (κ1) is 17.5. The summed E-state index contributed by atoms with van der Waals surface area (Å²) in [6, 6.07) is 3.14. The summed E-state index contributed by atoms with van der Waals surface area (Å²) in [6.07, 6.45) is -2.08. The Morgan fingerprint density at radius 2 is 2.20 bits per heavy atom. The molecule has 0 spiro atoms. The van der Waals surface area contributed by atoms with Gasteiger partial charge in [-0.15, -0.1) is 11.3 Å². The fraction of sp³-hybridized carbons (Fsp3) is 0.375. The van der Waals surface area contributed by atoms with Gasteiger partial charge in [-0.3, -0.25) is 4.79 Å². The van der Waals surface area contributed by atoms with Crippen LogP contribution in [0.4, 0.5) is 13.2 Å². The highest BCUT2D eigenvalue weighted by molar-refractivity contribution is 7.17. The van der Waals surface area contributed by atoms with Gasteiger partial charge in [-0.05, 0) is 37.5 Å². The monoisotopic (exact) mass is 372 g/mol. The van der Waals surface area contributed by atoms with Crippen molar-refractivity contribution in [3.63, 3.8) is 0 Å². The largest absolute Gasteiger partial charge is 0.516 e. The number of thiophene rings is 1. The third-order valence-corrected chi connectivity index (χ3v) is 5.10. The van der Waals surface area contributed by atoms with Crippen molar-refractivity contribution in [2.24, 2.45) is 0 Å². The summed E-state index contributed by atoms with van der Waals surface area (Å²) in [5.74, 6) is -1.34. The average molecular weight is 372 g/mol. The lowest BCUT2D eigenvalue weighted by atomic mass is 10.1. The zero-order valence-corrected chi connectivity index (χ0v) is 14.1. The van der Waals surface area contributed by atoms with Gasteiger partial charge < -0.3 is 14.5 Å². The number of carbonyl (C=O) groups is 1. The normalized spacial score (nSPS) is 17.3. The summed E-state index contributed by atoms with van der Waals surface area (Å²) < 4.78 is 42.9. The van der Waals surface area contributed by atoms with Gasteiger partial charge in [0, 0.05) is 18.7 Å². The Bertz CT molecular complexity index is 823. The number of aliphatic hydroxyl groups is 1. The maximum atomic E-state index is 12.8. The second-order valence-electron chi connectivity index (χ2n) is 5.76. The summed E-state index contributed by atoms with van der Waals surface area (Å²) >= 11 is 1.07. The SMILES string of the molecule is Cc1c(-c2ccc(C(=O)N3CCC/C(=C/O)C3)s2)noc1C(F)(F)F. The third-order valence-electron chi connectivity index (χ3n) is 4.02. The molecule has 0 unspecified atom stereocenters. The molecular formula is C16H15F3N2O3S. The van der Waals surface area contributed by atoms with Crippen molar-refractivity contribution in [2.45, 2.75) is 25.9 Å². The van der Waals surface area contributed by atoms with E-state index >= 15 is 0 Å². The molecule has 1 saturated heterocycles. The van der Waals surface area contributed by atoms with Crippen molar-refractivity contribution in [1.82, 2.24) is 10.1 Å². The van der Waals surface area contributed by atoms with Crippen LogP contribution in [0.2, 0.25) is 0 Å². The molecule has 0 radical (unpaired) electrons. The first-order chi connectivity index (χ1) is 11.8. The summed E-state index contributed by atoms with van der Waals surface area (Å²) in [7, 11) is 0. The second-order valence-corrected chi connectivity index (χ2v) is 6.85. The molecule has 1 N–H and O–H groups in total. The van der Waals surface area contributed by atoms with E-state index in [-0.39, 0.29) is 17.2 Å². The molecule has 9 heteroatoms. The molecule has 5 nitrogen and oxygen atoms in total. The fourth-order valence-corrected chi connectivity index (χ4v) is 3.76. The van der Waals surface area contributed by atoms with E-state index in [1.165, 1.54) is 6.92 Å². The van der Waals surface area contributed by atoms with Crippen LogP contribution in [-0.4, -0.2) is 34.2 Å². The molecule has 0 aromatic carbocycles. The summed E-state index contributed by atoms with van der Waals surface area (Å²) in [5.41, 5.74) is 0.765. The van der Waals surface area contributed by atoms with Gasteiger partial charge in [-0.1, -0.05) is 5.16 Å². The predicted molar refractivity (Wildman–Crippen MR) is 85.4 cm³/mol. The molecule has 1 fully saturated rings. The first-order valence-corrected chi connectivity index (χ1v) is 8.38. The van der Waals surface area contributed by atoms with Gasteiger partial charge in [0.15, 0.2) is 0 Å². The zero-order valence-electron chi connectivity index (χ0n) is 13.3. The fourth-order valence-electron chi connectivity index (χ4n) is 2.74. The Labute approximate surface area is 145 Å². The van der Waals surface area contributed by atoms with E-state index in [2.05, 4.69) is 9.68 Å². The van der Waals surface area contributed by atoms with E-state index in [4.69, 9.17) is 5.11 Å². The molecule has 0 aliphatic carbocycles. The number of rotatable bonds is 2. The number of amides is 1. The van der Waals surface area contributed by atoms with E-state index in [1.54, 1.807) is 17.0 Å². The number of aromatic nitrogens is 1. The predicted octanol–water partition coefficient (Wildman–Crippen LogP) is 4.41. The van der Waals surface area contributed by atoms with E-state index in [0.29, 0.717) is 22.8 Å². The van der Waals surface area contributed by atoms with E-state index < -0.39 is 11.9 Å². The Kier molecular flexibility index (Phi) is 4.59. The number of nitrogens with zero attached hydrogens (tertiary/aromatic N) is 2. The van der Waals surface area contributed by atoms with E-state index in [0.717, 1.165) is 36.0 Å². The van der Waals surface area contributed by atoms with Crippen LogP contribution in [-0.2, 0) is 6.18 Å². The topological polar surface area (TPSA) is 66.6 Å². The van der Waals surface area contributed by atoms with Gasteiger partial charge in [0.2, 0.25) is 5.76 Å². The first-order valence-electron chi connectivity index (χ1n) is 7.56. The molecule has 2 aromatic rings. The minimum atomic E-state index is -4.61. The number of aliphatic hydroxyl groups excluding tert-OH is 1. The third kappa shape index (κ3) is 3.41. The molecule has 2 aromatic heterocycles.